The molecule has 0 amide bonds. The van der Waals surface area contributed by atoms with Crippen LogP contribution in [0.5, 0.6) is 0 Å². The van der Waals surface area contributed by atoms with Crippen molar-refractivity contribution < 1.29 is 0 Å². The number of aryl methyl sites for hydroxylation is 1. The molecule has 0 unspecified atom stereocenters. The molecule has 0 spiro atoms. The number of thioether (sulfide) groups is 1. The molecule has 0 saturated heterocycles. The van der Waals surface area contributed by atoms with Crippen LogP contribution in [0.1, 0.15) is 69.7 Å². The van der Waals surface area contributed by atoms with E-state index in [4.69, 9.17) is 0 Å². The minimum atomic E-state index is 0.598. The molecule has 6 nitrogen and oxygen atoms in total. The van der Waals surface area contributed by atoms with E-state index in [0.29, 0.717) is 6.04 Å². The maximum Gasteiger partial charge on any atom is 0.193 e. The average Bonchev–Trinajstić information content (AvgIpc) is 3.36. The van der Waals surface area contributed by atoms with E-state index in [-0.39, 0.29) is 0 Å². The minimum absolute atomic E-state index is 0.598. The number of nitrogens with zero attached hydrogens (tertiary/aromatic N) is 5. The Kier molecular flexibility index (Phi) is 10.5. The molecule has 1 fully saturated rings. The van der Waals surface area contributed by atoms with Gasteiger partial charge >= 0.3 is 0 Å². The summed E-state index contributed by atoms with van der Waals surface area (Å²) < 4.78 is 2.40. The molecule has 0 aliphatic heterocycles. The molecule has 28 heavy (non-hydrogen) atoms. The lowest BCUT2D eigenvalue weighted by Crippen LogP contribution is -2.39. The van der Waals surface area contributed by atoms with Crippen LogP contribution in [0.4, 0.5) is 0 Å². The van der Waals surface area contributed by atoms with Gasteiger partial charge in [0.2, 0.25) is 0 Å². The van der Waals surface area contributed by atoms with Crippen LogP contribution in [0.25, 0.3) is 0 Å². The molecule has 1 aromatic rings. The quantitative estimate of drug-likeness (QED) is 0.184. The van der Waals surface area contributed by atoms with E-state index < -0.39 is 0 Å². The van der Waals surface area contributed by atoms with Crippen molar-refractivity contribution >= 4 is 17.7 Å². The lowest BCUT2D eigenvalue weighted by Gasteiger charge is -2.22. The van der Waals surface area contributed by atoms with E-state index in [1.54, 1.807) is 11.8 Å². The highest BCUT2D eigenvalue weighted by Gasteiger charge is 2.23. The highest BCUT2D eigenvalue weighted by molar-refractivity contribution is 7.98. The van der Waals surface area contributed by atoms with Gasteiger partial charge in [0.05, 0.1) is 0 Å². The predicted octanol–water partition coefficient (Wildman–Crippen LogP) is 4.30. The van der Waals surface area contributed by atoms with E-state index in [1.165, 1.54) is 44.9 Å². The van der Waals surface area contributed by atoms with Gasteiger partial charge in [-0.1, -0.05) is 37.1 Å². The van der Waals surface area contributed by atoms with Crippen LogP contribution in [-0.4, -0.2) is 59.1 Å². The summed E-state index contributed by atoms with van der Waals surface area (Å²) >= 11 is 1.71. The number of rotatable bonds is 12. The van der Waals surface area contributed by atoms with Gasteiger partial charge in [-0.2, -0.15) is 0 Å². The first-order valence-corrected chi connectivity index (χ1v) is 11.9. The highest BCUT2D eigenvalue weighted by atomic mass is 32.2. The van der Waals surface area contributed by atoms with Crippen LogP contribution >= 0.6 is 11.8 Å². The molecule has 1 saturated carbocycles. The van der Waals surface area contributed by atoms with Crippen molar-refractivity contribution in [3.05, 3.63) is 18.5 Å². The number of aromatic nitrogens is 3. The summed E-state index contributed by atoms with van der Waals surface area (Å²) in [5.41, 5.74) is 0. The summed E-state index contributed by atoms with van der Waals surface area (Å²) in [6.07, 6.45) is 16.0. The number of allylic oxidation sites excluding steroid dienone is 1. The molecule has 1 aromatic heterocycles. The number of guanidine groups is 1. The van der Waals surface area contributed by atoms with Crippen molar-refractivity contribution in [3.63, 3.8) is 0 Å². The Bertz CT molecular complexity index is 606. The van der Waals surface area contributed by atoms with Gasteiger partial charge in [-0.15, -0.1) is 16.8 Å². The van der Waals surface area contributed by atoms with Gasteiger partial charge < -0.3 is 14.8 Å². The fraction of sp³-hybridized carbons (Fsp3) is 0.762. The largest absolute Gasteiger partial charge is 0.356 e. The molecule has 1 heterocycles. The third-order valence-electron chi connectivity index (χ3n) is 5.44. The van der Waals surface area contributed by atoms with Crippen LogP contribution < -0.4 is 5.32 Å². The Morgan fingerprint density at radius 2 is 2.07 bits per heavy atom. The SMILES string of the molecule is C=CCCCCCN(C)C(=NC)NCCCc1nnc(SC)n1C1CCCC1. The zero-order chi connectivity index (χ0) is 20.2. The van der Waals surface area contributed by atoms with Crippen LogP contribution in [0, 0.1) is 0 Å². The molecule has 0 aromatic carbocycles. The highest BCUT2D eigenvalue weighted by Crippen LogP contribution is 2.33. The Morgan fingerprint density at radius 3 is 2.75 bits per heavy atom. The molecule has 1 N–H and O–H groups in total. The zero-order valence-corrected chi connectivity index (χ0v) is 18.8. The molecule has 7 heteroatoms. The van der Waals surface area contributed by atoms with E-state index in [2.05, 4.69) is 49.9 Å². The van der Waals surface area contributed by atoms with E-state index in [9.17, 15) is 0 Å². The predicted molar refractivity (Wildman–Crippen MR) is 120 cm³/mol. The Labute approximate surface area is 175 Å². The second kappa shape index (κ2) is 12.9. The van der Waals surface area contributed by atoms with Crippen molar-refractivity contribution in [1.29, 1.82) is 0 Å². The van der Waals surface area contributed by atoms with Crippen molar-refractivity contribution in [1.82, 2.24) is 25.0 Å². The van der Waals surface area contributed by atoms with Crippen LogP contribution in [0.2, 0.25) is 0 Å². The molecular weight excluding hydrogens is 368 g/mol. The molecule has 0 radical (unpaired) electrons. The Morgan fingerprint density at radius 1 is 1.29 bits per heavy atom. The van der Waals surface area contributed by atoms with Crippen LogP contribution in [0.15, 0.2) is 22.8 Å². The smallest absolute Gasteiger partial charge is 0.193 e. The molecule has 1 aliphatic carbocycles. The van der Waals surface area contributed by atoms with E-state index in [1.807, 2.05) is 13.1 Å². The standard InChI is InChI=1S/C21H38N6S/c1-5-6-7-8-11-17-26(3)20(22-2)23-16-12-15-19-24-25-21(28-4)27(19)18-13-9-10-14-18/h5,18H,1,6-17H2,2-4H3,(H,22,23). The first-order chi connectivity index (χ1) is 13.7. The Hall–Kier alpha value is -1.50. The lowest BCUT2D eigenvalue weighted by molar-refractivity contribution is 0.450. The minimum Gasteiger partial charge on any atom is -0.356 e. The molecule has 2 rings (SSSR count). The maximum atomic E-state index is 4.49. The third kappa shape index (κ3) is 6.83. The normalized spacial score (nSPS) is 15.2. The summed E-state index contributed by atoms with van der Waals surface area (Å²) in [5, 5.41) is 13.5. The fourth-order valence-corrected chi connectivity index (χ4v) is 4.47. The Balaban J connectivity index is 1.75. The van der Waals surface area contributed by atoms with E-state index >= 15 is 0 Å². The van der Waals surface area contributed by atoms with Gasteiger partial charge in [-0.3, -0.25) is 4.99 Å². The number of hydrogen-bond donors (Lipinski definition) is 1. The fourth-order valence-electron chi connectivity index (χ4n) is 3.90. The molecule has 158 valence electrons. The molecule has 1 aliphatic rings. The molecule has 0 bridgehead atoms. The number of aliphatic imine (C=N–C) groups is 1. The average molecular weight is 407 g/mol. The monoisotopic (exact) mass is 406 g/mol. The molecular formula is C21H38N6S. The second-order valence-electron chi connectivity index (χ2n) is 7.55. The van der Waals surface area contributed by atoms with Crippen molar-refractivity contribution in [2.75, 3.05) is 33.4 Å². The van der Waals surface area contributed by atoms with Gasteiger partial charge in [0.15, 0.2) is 11.1 Å². The summed E-state index contributed by atoms with van der Waals surface area (Å²) in [4.78, 5) is 6.65. The number of hydrogen-bond acceptors (Lipinski definition) is 4. The third-order valence-corrected chi connectivity index (χ3v) is 6.09. The number of nitrogens with one attached hydrogen (secondary N) is 1. The lowest BCUT2D eigenvalue weighted by atomic mass is 10.2. The van der Waals surface area contributed by atoms with Gasteiger partial charge in [-0.25, -0.2) is 0 Å². The maximum absolute atomic E-state index is 4.49. The first-order valence-electron chi connectivity index (χ1n) is 10.7. The summed E-state index contributed by atoms with van der Waals surface area (Å²) in [6, 6.07) is 0.598. The van der Waals surface area contributed by atoms with Gasteiger partial charge in [-0.05, 0) is 44.8 Å². The number of unbranched alkanes of at least 4 members (excludes halogenated alkanes) is 3. The second-order valence-corrected chi connectivity index (χ2v) is 8.32. The zero-order valence-electron chi connectivity index (χ0n) is 18.0. The van der Waals surface area contributed by atoms with Crippen molar-refractivity contribution in [3.8, 4) is 0 Å². The van der Waals surface area contributed by atoms with Crippen molar-refractivity contribution in [2.45, 2.75) is 75.4 Å². The first kappa shape index (κ1) is 22.8. The van der Waals surface area contributed by atoms with Crippen LogP contribution in [0.3, 0.4) is 0 Å². The molecule has 0 atom stereocenters. The summed E-state index contributed by atoms with van der Waals surface area (Å²) in [7, 11) is 3.97. The summed E-state index contributed by atoms with van der Waals surface area (Å²) in [5.74, 6) is 2.12. The van der Waals surface area contributed by atoms with Crippen molar-refractivity contribution in [2.24, 2.45) is 4.99 Å². The van der Waals surface area contributed by atoms with Crippen LogP contribution in [-0.2, 0) is 6.42 Å². The van der Waals surface area contributed by atoms with Gasteiger partial charge in [0.25, 0.3) is 0 Å². The summed E-state index contributed by atoms with van der Waals surface area (Å²) in [6.45, 7) is 5.72. The topological polar surface area (TPSA) is 58.3 Å². The van der Waals surface area contributed by atoms with Gasteiger partial charge in [0, 0.05) is 39.6 Å². The van der Waals surface area contributed by atoms with E-state index in [0.717, 1.165) is 49.3 Å². The van der Waals surface area contributed by atoms with Gasteiger partial charge in [0.1, 0.15) is 5.82 Å².